The predicted octanol–water partition coefficient (Wildman–Crippen LogP) is 2.25. The van der Waals surface area contributed by atoms with Gasteiger partial charge in [0.1, 0.15) is 13.2 Å². The molecule has 0 fully saturated rings. The summed E-state index contributed by atoms with van der Waals surface area (Å²) in [4.78, 5) is 12.5. The van der Waals surface area contributed by atoms with E-state index in [1.165, 1.54) is 34.8 Å². The maximum absolute atomic E-state index is 12.6. The Morgan fingerprint density at radius 2 is 1.83 bits per heavy atom. The van der Waals surface area contributed by atoms with Crippen LogP contribution in [-0.4, -0.2) is 51.1 Å². The van der Waals surface area contributed by atoms with Crippen LogP contribution in [0.25, 0.3) is 0 Å². The Morgan fingerprint density at radius 1 is 1.10 bits per heavy atom. The second kappa shape index (κ2) is 9.06. The van der Waals surface area contributed by atoms with Crippen molar-refractivity contribution in [2.75, 3.05) is 26.3 Å². The molecule has 0 saturated heterocycles. The second-order valence-corrected chi connectivity index (χ2v) is 8.16. The lowest BCUT2D eigenvalue weighted by molar-refractivity contribution is 0.0955. The van der Waals surface area contributed by atoms with E-state index in [-0.39, 0.29) is 10.5 Å². The van der Waals surface area contributed by atoms with Crippen LogP contribution in [0.15, 0.2) is 52.5 Å². The first-order valence-corrected chi connectivity index (χ1v) is 10.7. The van der Waals surface area contributed by atoms with Crippen molar-refractivity contribution in [1.82, 2.24) is 9.73 Å². The Balaban J connectivity index is 1.71. The number of hydrogen-bond donors (Lipinski definition) is 1. The molecule has 0 bridgehead atoms. The molecular weight excluding hydrogens is 394 g/mol. The van der Waals surface area contributed by atoms with Gasteiger partial charge in [0.15, 0.2) is 11.5 Å². The molecule has 0 radical (unpaired) electrons. The van der Waals surface area contributed by atoms with Crippen molar-refractivity contribution in [3.63, 3.8) is 0 Å². The van der Waals surface area contributed by atoms with Gasteiger partial charge in [0.05, 0.1) is 11.1 Å². The van der Waals surface area contributed by atoms with Crippen LogP contribution in [0.1, 0.15) is 29.8 Å². The summed E-state index contributed by atoms with van der Waals surface area (Å²) in [6.45, 7) is 5.25. The molecule has 0 saturated carbocycles. The molecule has 9 heteroatoms. The number of benzene rings is 2. The molecule has 29 heavy (non-hydrogen) atoms. The molecule has 8 nitrogen and oxygen atoms in total. The van der Waals surface area contributed by atoms with Gasteiger partial charge in [-0.15, -0.1) is 0 Å². The summed E-state index contributed by atoms with van der Waals surface area (Å²) >= 11 is 0. The van der Waals surface area contributed by atoms with Crippen molar-refractivity contribution in [2.45, 2.75) is 18.7 Å². The largest absolute Gasteiger partial charge is 0.486 e. The van der Waals surface area contributed by atoms with Gasteiger partial charge >= 0.3 is 0 Å². The molecule has 2 aromatic carbocycles. The van der Waals surface area contributed by atoms with E-state index in [0.29, 0.717) is 37.8 Å². The number of fused-ring (bicyclic) bond motifs is 1. The quantitative estimate of drug-likeness (QED) is 0.551. The number of rotatable bonds is 7. The monoisotopic (exact) mass is 417 g/mol. The molecule has 0 aromatic heterocycles. The van der Waals surface area contributed by atoms with Crippen LogP contribution in [0.5, 0.6) is 11.5 Å². The van der Waals surface area contributed by atoms with E-state index in [2.05, 4.69) is 10.5 Å². The van der Waals surface area contributed by atoms with Crippen LogP contribution in [0.4, 0.5) is 0 Å². The Labute approximate surface area is 170 Å². The van der Waals surface area contributed by atoms with E-state index in [0.717, 1.165) is 5.56 Å². The van der Waals surface area contributed by atoms with Crippen LogP contribution in [0, 0.1) is 0 Å². The molecule has 0 unspecified atom stereocenters. The molecule has 2 aromatic rings. The number of ether oxygens (including phenoxy) is 2. The number of hydrogen-bond acceptors (Lipinski definition) is 6. The first-order valence-electron chi connectivity index (χ1n) is 9.29. The molecule has 0 atom stereocenters. The summed E-state index contributed by atoms with van der Waals surface area (Å²) in [5.41, 5.74) is 3.35. The van der Waals surface area contributed by atoms with Crippen LogP contribution >= 0.6 is 0 Å². The Hall–Kier alpha value is -2.91. The van der Waals surface area contributed by atoms with Crippen molar-refractivity contribution in [3.8, 4) is 11.5 Å². The van der Waals surface area contributed by atoms with Crippen molar-refractivity contribution < 1.29 is 22.7 Å². The lowest BCUT2D eigenvalue weighted by atomic mass is 10.2. The van der Waals surface area contributed by atoms with E-state index in [1.54, 1.807) is 32.0 Å². The summed E-state index contributed by atoms with van der Waals surface area (Å²) < 4.78 is 37.6. The summed E-state index contributed by atoms with van der Waals surface area (Å²) in [6, 6.07) is 11.2. The van der Waals surface area contributed by atoms with E-state index >= 15 is 0 Å². The van der Waals surface area contributed by atoms with Gasteiger partial charge in [-0.25, -0.2) is 13.8 Å². The molecule has 0 aliphatic carbocycles. The van der Waals surface area contributed by atoms with Crippen LogP contribution in [0.3, 0.4) is 0 Å². The fourth-order valence-electron chi connectivity index (χ4n) is 2.88. The number of sulfonamides is 1. The zero-order valence-corrected chi connectivity index (χ0v) is 17.1. The zero-order chi connectivity index (χ0) is 20.9. The molecular formula is C20H23N3O5S. The lowest BCUT2D eigenvalue weighted by Gasteiger charge is -2.18. The summed E-state index contributed by atoms with van der Waals surface area (Å²) in [5, 5.41) is 3.95. The molecule has 3 rings (SSSR count). The van der Waals surface area contributed by atoms with Gasteiger partial charge in [-0.2, -0.15) is 9.41 Å². The highest BCUT2D eigenvalue weighted by Crippen LogP contribution is 2.30. The van der Waals surface area contributed by atoms with Crippen LogP contribution in [-0.2, 0) is 10.0 Å². The molecule has 154 valence electrons. The number of hydrazone groups is 1. The molecule has 1 aliphatic heterocycles. The average Bonchev–Trinajstić information content (AvgIpc) is 2.74. The standard InChI is InChI=1S/C20H23N3O5S/c1-3-23(4-2)29(25,26)17-7-5-6-16(13-17)20(24)22-21-14-15-8-9-18-19(12-15)28-11-10-27-18/h5-9,12-14H,3-4,10-11H2,1-2H3,(H,22,24)/b21-14+. The summed E-state index contributed by atoms with van der Waals surface area (Å²) in [7, 11) is -3.64. The minimum absolute atomic E-state index is 0.0738. The Morgan fingerprint density at radius 3 is 2.55 bits per heavy atom. The highest BCUT2D eigenvalue weighted by atomic mass is 32.2. The minimum Gasteiger partial charge on any atom is -0.486 e. The molecule has 1 amide bonds. The highest BCUT2D eigenvalue weighted by Gasteiger charge is 2.22. The third kappa shape index (κ3) is 4.75. The average molecular weight is 417 g/mol. The Kier molecular flexibility index (Phi) is 6.50. The fourth-order valence-corrected chi connectivity index (χ4v) is 4.39. The molecule has 1 N–H and O–H groups in total. The molecule has 1 heterocycles. The van der Waals surface area contributed by atoms with Gasteiger partial charge in [0, 0.05) is 18.7 Å². The maximum atomic E-state index is 12.6. The highest BCUT2D eigenvalue weighted by molar-refractivity contribution is 7.89. The molecule has 0 spiro atoms. The van der Waals surface area contributed by atoms with Crippen molar-refractivity contribution in [1.29, 1.82) is 0 Å². The van der Waals surface area contributed by atoms with Crippen LogP contribution < -0.4 is 14.9 Å². The number of carbonyl (C=O) groups excluding carboxylic acids is 1. The lowest BCUT2D eigenvalue weighted by Crippen LogP contribution is -2.30. The first kappa shape index (κ1) is 20.8. The van der Waals surface area contributed by atoms with E-state index in [9.17, 15) is 13.2 Å². The normalized spacial score (nSPS) is 13.6. The predicted molar refractivity (Wildman–Crippen MR) is 109 cm³/mol. The van der Waals surface area contributed by atoms with E-state index in [4.69, 9.17) is 9.47 Å². The summed E-state index contributed by atoms with van der Waals surface area (Å²) in [5.74, 6) is 0.792. The number of amides is 1. The molecule has 1 aliphatic rings. The topological polar surface area (TPSA) is 97.3 Å². The van der Waals surface area contributed by atoms with Crippen molar-refractivity contribution in [2.24, 2.45) is 5.10 Å². The fraction of sp³-hybridized carbons (Fsp3) is 0.300. The van der Waals surface area contributed by atoms with Crippen molar-refractivity contribution in [3.05, 3.63) is 53.6 Å². The minimum atomic E-state index is -3.64. The van der Waals surface area contributed by atoms with E-state index < -0.39 is 15.9 Å². The smallest absolute Gasteiger partial charge is 0.271 e. The van der Waals surface area contributed by atoms with Crippen LogP contribution in [0.2, 0.25) is 0 Å². The number of carbonyl (C=O) groups is 1. The second-order valence-electron chi connectivity index (χ2n) is 6.22. The van der Waals surface area contributed by atoms with Gasteiger partial charge in [-0.1, -0.05) is 19.9 Å². The first-order chi connectivity index (χ1) is 14.0. The van der Waals surface area contributed by atoms with Crippen molar-refractivity contribution >= 4 is 22.1 Å². The zero-order valence-electron chi connectivity index (χ0n) is 16.3. The van der Waals surface area contributed by atoms with Gasteiger partial charge < -0.3 is 9.47 Å². The number of nitrogens with one attached hydrogen (secondary N) is 1. The van der Waals surface area contributed by atoms with E-state index in [1.807, 2.05) is 0 Å². The Bertz CT molecular complexity index is 1020. The third-order valence-corrected chi connectivity index (χ3v) is 6.43. The van der Waals surface area contributed by atoms with Gasteiger partial charge in [0.2, 0.25) is 10.0 Å². The SMILES string of the molecule is CCN(CC)S(=O)(=O)c1cccc(C(=O)N/N=C/c2ccc3c(c2)OCCO3)c1. The van der Waals surface area contributed by atoms with Gasteiger partial charge in [0.25, 0.3) is 5.91 Å². The maximum Gasteiger partial charge on any atom is 0.271 e. The van der Waals surface area contributed by atoms with Gasteiger partial charge in [-0.05, 0) is 42.0 Å². The van der Waals surface area contributed by atoms with Gasteiger partial charge in [-0.3, -0.25) is 4.79 Å². The number of nitrogens with zero attached hydrogens (tertiary/aromatic N) is 2. The summed E-state index contributed by atoms with van der Waals surface area (Å²) in [6.07, 6.45) is 1.48. The third-order valence-electron chi connectivity index (χ3n) is 4.39.